The number of nitrogens with one attached hydrogen (secondary N) is 1. The fraction of sp³-hybridized carbons (Fsp3) is 0.923. The van der Waals surface area contributed by atoms with Crippen LogP contribution in [0.4, 0.5) is 0 Å². The summed E-state index contributed by atoms with van der Waals surface area (Å²) in [5.74, 6) is 1.07. The average molecular weight is 240 g/mol. The van der Waals surface area contributed by atoms with E-state index in [1.54, 1.807) is 0 Å². The largest absolute Gasteiger partial charge is 0.381 e. The second-order valence-corrected chi connectivity index (χ2v) is 5.31. The van der Waals surface area contributed by atoms with E-state index in [1.807, 2.05) is 4.90 Å². The second kappa shape index (κ2) is 6.36. The maximum absolute atomic E-state index is 11.5. The molecule has 4 nitrogen and oxygen atoms in total. The van der Waals surface area contributed by atoms with E-state index in [4.69, 9.17) is 4.74 Å². The van der Waals surface area contributed by atoms with Gasteiger partial charge in [0.15, 0.2) is 0 Å². The van der Waals surface area contributed by atoms with Gasteiger partial charge < -0.3 is 15.0 Å². The molecule has 2 saturated heterocycles. The predicted molar refractivity (Wildman–Crippen MR) is 66.8 cm³/mol. The van der Waals surface area contributed by atoms with Crippen molar-refractivity contribution < 1.29 is 9.53 Å². The van der Waals surface area contributed by atoms with Crippen LogP contribution in [0.1, 0.15) is 32.6 Å². The predicted octanol–water partition coefficient (Wildman–Crippen LogP) is 1.01. The molecule has 2 rings (SSSR count). The molecule has 2 aliphatic rings. The van der Waals surface area contributed by atoms with Gasteiger partial charge >= 0.3 is 0 Å². The lowest BCUT2D eigenvalue weighted by atomic mass is 10.0. The zero-order valence-corrected chi connectivity index (χ0v) is 10.8. The third kappa shape index (κ3) is 3.96. The number of rotatable bonds is 5. The van der Waals surface area contributed by atoms with E-state index in [0.29, 0.717) is 11.9 Å². The number of hydrogen-bond donors (Lipinski definition) is 1. The van der Waals surface area contributed by atoms with Gasteiger partial charge in [-0.3, -0.25) is 4.79 Å². The minimum absolute atomic E-state index is 0.324. The molecule has 1 atom stereocenters. The number of carbonyl (C=O) groups excluding carboxylic acids is 1. The summed E-state index contributed by atoms with van der Waals surface area (Å²) in [4.78, 5) is 13.5. The van der Waals surface area contributed by atoms with Crippen molar-refractivity contribution in [1.82, 2.24) is 10.2 Å². The molecule has 1 unspecified atom stereocenters. The summed E-state index contributed by atoms with van der Waals surface area (Å²) < 4.78 is 5.35. The van der Waals surface area contributed by atoms with E-state index in [-0.39, 0.29) is 0 Å². The molecule has 17 heavy (non-hydrogen) atoms. The van der Waals surface area contributed by atoms with Gasteiger partial charge in [0.05, 0.1) is 0 Å². The number of carbonyl (C=O) groups is 1. The number of hydrogen-bond acceptors (Lipinski definition) is 3. The number of ether oxygens (including phenoxy) is 1. The highest BCUT2D eigenvalue weighted by Gasteiger charge is 2.22. The van der Waals surface area contributed by atoms with Crippen LogP contribution in [0.15, 0.2) is 0 Å². The van der Waals surface area contributed by atoms with Crippen LogP contribution in [0.3, 0.4) is 0 Å². The Kier molecular flexibility index (Phi) is 4.80. The monoisotopic (exact) mass is 240 g/mol. The van der Waals surface area contributed by atoms with Crippen molar-refractivity contribution in [2.75, 3.05) is 32.8 Å². The highest BCUT2D eigenvalue weighted by Crippen LogP contribution is 2.14. The zero-order valence-electron chi connectivity index (χ0n) is 10.8. The molecule has 0 aromatic heterocycles. The summed E-state index contributed by atoms with van der Waals surface area (Å²) in [6.07, 6.45) is 4.11. The van der Waals surface area contributed by atoms with Crippen LogP contribution in [0.5, 0.6) is 0 Å². The highest BCUT2D eigenvalue weighted by molar-refractivity contribution is 5.78. The molecule has 2 aliphatic heterocycles. The van der Waals surface area contributed by atoms with Crippen LogP contribution in [0, 0.1) is 5.92 Å². The van der Waals surface area contributed by atoms with Gasteiger partial charge in [0.25, 0.3) is 0 Å². The van der Waals surface area contributed by atoms with Gasteiger partial charge in [0.2, 0.25) is 5.91 Å². The maximum atomic E-state index is 11.5. The van der Waals surface area contributed by atoms with E-state index in [0.717, 1.165) is 51.6 Å². The zero-order chi connectivity index (χ0) is 12.1. The molecule has 0 bridgehead atoms. The lowest BCUT2D eigenvalue weighted by Gasteiger charge is -2.26. The average Bonchev–Trinajstić information content (AvgIpc) is 2.74. The first-order valence-corrected chi connectivity index (χ1v) is 6.84. The molecule has 0 aromatic carbocycles. The summed E-state index contributed by atoms with van der Waals surface area (Å²) in [5.41, 5.74) is 0. The third-order valence-corrected chi connectivity index (χ3v) is 3.76. The first kappa shape index (κ1) is 12.8. The van der Waals surface area contributed by atoms with Crippen molar-refractivity contribution in [3.63, 3.8) is 0 Å². The molecule has 0 radical (unpaired) electrons. The SMILES string of the molecule is CC(CN1CCCC1=O)NCC1CCOCC1. The van der Waals surface area contributed by atoms with Crippen molar-refractivity contribution in [3.8, 4) is 0 Å². The highest BCUT2D eigenvalue weighted by atomic mass is 16.5. The molecule has 0 saturated carbocycles. The van der Waals surface area contributed by atoms with Crippen LogP contribution < -0.4 is 5.32 Å². The minimum atomic E-state index is 0.324. The Bertz CT molecular complexity index is 252. The summed E-state index contributed by atoms with van der Waals surface area (Å²) in [6.45, 7) is 6.86. The van der Waals surface area contributed by atoms with Gasteiger partial charge in [0.1, 0.15) is 0 Å². The summed E-state index contributed by atoms with van der Waals surface area (Å²) in [7, 11) is 0. The van der Waals surface area contributed by atoms with Crippen molar-refractivity contribution in [2.24, 2.45) is 5.92 Å². The molecular weight excluding hydrogens is 216 g/mol. The Labute approximate surface area is 104 Å². The topological polar surface area (TPSA) is 41.6 Å². The van der Waals surface area contributed by atoms with Crippen molar-refractivity contribution in [3.05, 3.63) is 0 Å². The number of nitrogens with zero attached hydrogens (tertiary/aromatic N) is 1. The van der Waals surface area contributed by atoms with E-state index in [2.05, 4.69) is 12.2 Å². The van der Waals surface area contributed by atoms with Crippen LogP contribution >= 0.6 is 0 Å². The van der Waals surface area contributed by atoms with Crippen LogP contribution in [-0.4, -0.2) is 49.7 Å². The quantitative estimate of drug-likeness (QED) is 0.780. The van der Waals surface area contributed by atoms with E-state index in [1.165, 1.54) is 12.8 Å². The molecule has 1 N–H and O–H groups in total. The molecule has 2 heterocycles. The standard InChI is InChI=1S/C13H24N2O2/c1-11(10-15-6-2-3-13(15)16)14-9-12-4-7-17-8-5-12/h11-12,14H,2-10H2,1H3. The van der Waals surface area contributed by atoms with Gasteiger partial charge in [-0.05, 0) is 38.6 Å². The summed E-state index contributed by atoms with van der Waals surface area (Å²) in [5, 5.41) is 3.55. The van der Waals surface area contributed by atoms with Gasteiger partial charge in [-0.2, -0.15) is 0 Å². The fourth-order valence-corrected chi connectivity index (χ4v) is 2.61. The Morgan fingerprint density at radius 1 is 1.47 bits per heavy atom. The van der Waals surface area contributed by atoms with Crippen LogP contribution in [-0.2, 0) is 9.53 Å². The van der Waals surface area contributed by atoms with Gasteiger partial charge in [-0.1, -0.05) is 0 Å². The van der Waals surface area contributed by atoms with Gasteiger partial charge in [0, 0.05) is 38.8 Å². The van der Waals surface area contributed by atoms with Gasteiger partial charge in [-0.15, -0.1) is 0 Å². The first-order chi connectivity index (χ1) is 8.25. The maximum Gasteiger partial charge on any atom is 0.222 e. The first-order valence-electron chi connectivity index (χ1n) is 6.84. The third-order valence-electron chi connectivity index (χ3n) is 3.76. The second-order valence-electron chi connectivity index (χ2n) is 5.31. The van der Waals surface area contributed by atoms with Crippen molar-refractivity contribution >= 4 is 5.91 Å². The van der Waals surface area contributed by atoms with Crippen molar-refractivity contribution in [1.29, 1.82) is 0 Å². The van der Waals surface area contributed by atoms with Crippen molar-refractivity contribution in [2.45, 2.75) is 38.6 Å². The number of amides is 1. The number of likely N-dealkylation sites (tertiary alicyclic amines) is 1. The van der Waals surface area contributed by atoms with E-state index < -0.39 is 0 Å². The molecule has 4 heteroatoms. The van der Waals surface area contributed by atoms with E-state index in [9.17, 15) is 4.79 Å². The van der Waals surface area contributed by atoms with Crippen LogP contribution in [0.25, 0.3) is 0 Å². The Balaban J connectivity index is 1.62. The fourth-order valence-electron chi connectivity index (χ4n) is 2.61. The summed E-state index contributed by atoms with van der Waals surface area (Å²) >= 11 is 0. The minimum Gasteiger partial charge on any atom is -0.381 e. The molecule has 2 fully saturated rings. The normalized spacial score (nSPS) is 24.3. The van der Waals surface area contributed by atoms with Gasteiger partial charge in [-0.25, -0.2) is 0 Å². The lowest BCUT2D eigenvalue weighted by molar-refractivity contribution is -0.127. The Hall–Kier alpha value is -0.610. The van der Waals surface area contributed by atoms with E-state index >= 15 is 0 Å². The molecule has 0 aromatic rings. The van der Waals surface area contributed by atoms with Crippen LogP contribution in [0.2, 0.25) is 0 Å². The molecule has 0 aliphatic carbocycles. The lowest BCUT2D eigenvalue weighted by Crippen LogP contribution is -2.42. The molecular formula is C13H24N2O2. The smallest absolute Gasteiger partial charge is 0.222 e. The molecule has 1 amide bonds. The Morgan fingerprint density at radius 2 is 2.24 bits per heavy atom. The molecule has 0 spiro atoms. The summed E-state index contributed by atoms with van der Waals surface area (Å²) in [6, 6.07) is 0.403. The Morgan fingerprint density at radius 3 is 2.88 bits per heavy atom. The molecule has 98 valence electrons.